The van der Waals surface area contributed by atoms with Crippen molar-refractivity contribution in [3.05, 3.63) is 28.2 Å². The van der Waals surface area contributed by atoms with Gasteiger partial charge in [0.2, 0.25) is 0 Å². The lowest BCUT2D eigenvalue weighted by molar-refractivity contribution is -0.0161. The molecule has 3 heteroatoms. The molecule has 0 bridgehead atoms. The first-order chi connectivity index (χ1) is 9.03. The molecule has 1 aliphatic carbocycles. The molecule has 1 aromatic carbocycles. The average Bonchev–Trinajstić information content (AvgIpc) is 2.42. The van der Waals surface area contributed by atoms with Gasteiger partial charge < -0.3 is 9.84 Å². The third kappa shape index (κ3) is 3.73. The number of rotatable bonds is 4. The van der Waals surface area contributed by atoms with E-state index < -0.39 is 5.60 Å². The van der Waals surface area contributed by atoms with Crippen LogP contribution in [0.4, 0.5) is 0 Å². The second-order valence-electron chi connectivity index (χ2n) is 5.83. The van der Waals surface area contributed by atoms with E-state index in [1.807, 2.05) is 25.1 Å². The molecule has 106 valence electrons. The molecule has 0 radical (unpaired) electrons. The lowest BCUT2D eigenvalue weighted by Crippen LogP contribution is -2.38. The molecule has 0 spiro atoms. The van der Waals surface area contributed by atoms with Gasteiger partial charge in [-0.1, -0.05) is 35.2 Å². The van der Waals surface area contributed by atoms with E-state index in [4.69, 9.17) is 4.74 Å². The van der Waals surface area contributed by atoms with Crippen LogP contribution in [0.5, 0.6) is 5.75 Å². The summed E-state index contributed by atoms with van der Waals surface area (Å²) >= 11 is 3.57. The highest BCUT2D eigenvalue weighted by atomic mass is 79.9. The lowest BCUT2D eigenvalue weighted by Gasteiger charge is -2.36. The molecular formula is C16H23BrO2. The summed E-state index contributed by atoms with van der Waals surface area (Å²) in [7, 11) is 1.67. The Hall–Kier alpha value is -0.540. The molecule has 0 aromatic heterocycles. The zero-order chi connectivity index (χ0) is 13.9. The van der Waals surface area contributed by atoms with E-state index in [0.717, 1.165) is 28.6 Å². The first-order valence-electron chi connectivity index (χ1n) is 7.08. The van der Waals surface area contributed by atoms with Gasteiger partial charge in [-0.2, -0.15) is 0 Å². The SMILES string of the molecule is COc1ccc(Br)c(CC(C)(O)C2CCCCC2)c1. The zero-order valence-electron chi connectivity index (χ0n) is 11.8. The van der Waals surface area contributed by atoms with Gasteiger partial charge in [0, 0.05) is 10.9 Å². The molecule has 0 amide bonds. The highest BCUT2D eigenvalue weighted by Gasteiger charge is 2.33. The number of halogens is 1. The first kappa shape index (κ1) is 14.9. The van der Waals surface area contributed by atoms with Crippen LogP contribution in [0.25, 0.3) is 0 Å². The molecule has 1 aliphatic rings. The largest absolute Gasteiger partial charge is 0.497 e. The van der Waals surface area contributed by atoms with Gasteiger partial charge in [-0.25, -0.2) is 0 Å². The van der Waals surface area contributed by atoms with Crippen molar-refractivity contribution in [1.29, 1.82) is 0 Å². The summed E-state index contributed by atoms with van der Waals surface area (Å²) in [6.45, 7) is 1.98. The Morgan fingerprint density at radius 3 is 2.63 bits per heavy atom. The topological polar surface area (TPSA) is 29.5 Å². The average molecular weight is 327 g/mol. The fraction of sp³-hybridized carbons (Fsp3) is 0.625. The molecular weight excluding hydrogens is 304 g/mol. The molecule has 2 rings (SSSR count). The first-order valence-corrected chi connectivity index (χ1v) is 7.87. The van der Waals surface area contributed by atoms with E-state index >= 15 is 0 Å². The van der Waals surface area contributed by atoms with E-state index in [1.54, 1.807) is 7.11 Å². The van der Waals surface area contributed by atoms with Crippen LogP contribution >= 0.6 is 15.9 Å². The molecule has 1 fully saturated rings. The second-order valence-corrected chi connectivity index (χ2v) is 6.68. The quantitative estimate of drug-likeness (QED) is 0.892. The van der Waals surface area contributed by atoms with Gasteiger partial charge in [0.1, 0.15) is 5.75 Å². The number of methoxy groups -OCH3 is 1. The van der Waals surface area contributed by atoms with E-state index in [2.05, 4.69) is 15.9 Å². The number of hydrogen-bond acceptors (Lipinski definition) is 2. The predicted octanol–water partition coefficient (Wildman–Crippen LogP) is 4.33. The Labute approximate surface area is 124 Å². The van der Waals surface area contributed by atoms with E-state index in [1.165, 1.54) is 19.3 Å². The Balaban J connectivity index is 2.14. The second kappa shape index (κ2) is 6.27. The molecule has 1 aromatic rings. The van der Waals surface area contributed by atoms with Crippen LogP contribution in [0.2, 0.25) is 0 Å². The molecule has 0 saturated heterocycles. The summed E-state index contributed by atoms with van der Waals surface area (Å²) in [5, 5.41) is 10.8. The molecule has 1 N–H and O–H groups in total. The van der Waals surface area contributed by atoms with Crippen LogP contribution in [0.3, 0.4) is 0 Å². The molecule has 1 saturated carbocycles. The van der Waals surface area contributed by atoms with E-state index in [9.17, 15) is 5.11 Å². The molecule has 1 unspecified atom stereocenters. The van der Waals surface area contributed by atoms with Crippen LogP contribution in [0.1, 0.15) is 44.6 Å². The molecule has 1 atom stereocenters. The number of aliphatic hydroxyl groups is 1. The molecule has 0 aliphatic heterocycles. The normalized spacial score (nSPS) is 20.0. The minimum absolute atomic E-state index is 0.416. The van der Waals surface area contributed by atoms with Crippen molar-refractivity contribution in [2.45, 2.75) is 51.0 Å². The number of ether oxygens (including phenoxy) is 1. The lowest BCUT2D eigenvalue weighted by atomic mass is 9.75. The Bertz CT molecular complexity index is 423. The van der Waals surface area contributed by atoms with Crippen LogP contribution < -0.4 is 4.74 Å². The van der Waals surface area contributed by atoms with Gasteiger partial charge in [-0.05, 0) is 49.4 Å². The van der Waals surface area contributed by atoms with Crippen LogP contribution in [0, 0.1) is 5.92 Å². The van der Waals surface area contributed by atoms with Gasteiger partial charge in [0.05, 0.1) is 12.7 Å². The van der Waals surface area contributed by atoms with Crippen molar-refractivity contribution in [2.24, 2.45) is 5.92 Å². The van der Waals surface area contributed by atoms with Gasteiger partial charge in [0.25, 0.3) is 0 Å². The highest BCUT2D eigenvalue weighted by Crippen LogP contribution is 2.36. The Morgan fingerprint density at radius 2 is 2.00 bits per heavy atom. The third-order valence-corrected chi connectivity index (χ3v) is 5.06. The summed E-state index contributed by atoms with van der Waals surface area (Å²) in [5.74, 6) is 1.26. The maximum atomic E-state index is 10.8. The van der Waals surface area contributed by atoms with Crippen LogP contribution in [-0.4, -0.2) is 17.8 Å². The minimum Gasteiger partial charge on any atom is -0.497 e. The summed E-state index contributed by atoms with van der Waals surface area (Å²) in [6, 6.07) is 5.94. The predicted molar refractivity (Wildman–Crippen MR) is 81.6 cm³/mol. The van der Waals surface area contributed by atoms with Crippen molar-refractivity contribution >= 4 is 15.9 Å². The summed E-state index contributed by atoms with van der Waals surface area (Å²) in [5.41, 5.74) is 0.491. The fourth-order valence-electron chi connectivity index (χ4n) is 3.07. The van der Waals surface area contributed by atoms with Crippen LogP contribution in [-0.2, 0) is 6.42 Å². The zero-order valence-corrected chi connectivity index (χ0v) is 13.4. The summed E-state index contributed by atoms with van der Waals surface area (Å²) in [6.07, 6.45) is 6.79. The van der Waals surface area contributed by atoms with Gasteiger partial charge in [0.15, 0.2) is 0 Å². The van der Waals surface area contributed by atoms with Crippen molar-refractivity contribution in [3.8, 4) is 5.75 Å². The monoisotopic (exact) mass is 326 g/mol. The standard InChI is InChI=1S/C16H23BrO2/c1-16(18,13-6-4-3-5-7-13)11-12-10-14(19-2)8-9-15(12)17/h8-10,13,18H,3-7,11H2,1-2H3. The molecule has 19 heavy (non-hydrogen) atoms. The smallest absolute Gasteiger partial charge is 0.119 e. The van der Waals surface area contributed by atoms with Crippen molar-refractivity contribution in [3.63, 3.8) is 0 Å². The van der Waals surface area contributed by atoms with Crippen molar-refractivity contribution < 1.29 is 9.84 Å². The van der Waals surface area contributed by atoms with Crippen LogP contribution in [0.15, 0.2) is 22.7 Å². The Kier molecular flexibility index (Phi) is 4.91. The van der Waals surface area contributed by atoms with Gasteiger partial charge in [-0.3, -0.25) is 0 Å². The minimum atomic E-state index is -0.630. The number of benzene rings is 1. The van der Waals surface area contributed by atoms with E-state index in [0.29, 0.717) is 12.3 Å². The third-order valence-electron chi connectivity index (χ3n) is 4.29. The molecule has 2 nitrogen and oxygen atoms in total. The van der Waals surface area contributed by atoms with Gasteiger partial charge >= 0.3 is 0 Å². The van der Waals surface area contributed by atoms with Gasteiger partial charge in [-0.15, -0.1) is 0 Å². The summed E-state index contributed by atoms with van der Waals surface area (Å²) < 4.78 is 6.31. The van der Waals surface area contributed by atoms with Crippen molar-refractivity contribution in [1.82, 2.24) is 0 Å². The highest BCUT2D eigenvalue weighted by molar-refractivity contribution is 9.10. The van der Waals surface area contributed by atoms with E-state index in [-0.39, 0.29) is 0 Å². The Morgan fingerprint density at radius 1 is 1.32 bits per heavy atom. The number of hydrogen-bond donors (Lipinski definition) is 1. The molecule has 0 heterocycles. The maximum absolute atomic E-state index is 10.8. The van der Waals surface area contributed by atoms with Crippen molar-refractivity contribution in [2.75, 3.05) is 7.11 Å². The maximum Gasteiger partial charge on any atom is 0.119 e. The fourth-order valence-corrected chi connectivity index (χ4v) is 3.45. The summed E-state index contributed by atoms with van der Waals surface area (Å²) in [4.78, 5) is 0.